The Morgan fingerprint density at radius 3 is 2.58 bits per heavy atom. The van der Waals surface area contributed by atoms with Gasteiger partial charge in [0, 0.05) is 16.2 Å². The standard InChI is InChI=1S/C14H21IN2O.ClH/c1-9(2)6-11(8-16)17-14(18)12-7-10(3)4-5-13(12)15;/h4-5,7,9,11H,6,8,16H2,1-3H3,(H,17,18);1H. The first-order valence-electron chi connectivity index (χ1n) is 6.21. The van der Waals surface area contributed by atoms with E-state index in [1.54, 1.807) is 0 Å². The maximum absolute atomic E-state index is 12.2. The molecule has 0 radical (unpaired) electrons. The van der Waals surface area contributed by atoms with Crippen LogP contribution in [-0.2, 0) is 0 Å². The molecule has 0 aromatic heterocycles. The molecule has 1 aromatic rings. The first kappa shape index (κ1) is 18.7. The van der Waals surface area contributed by atoms with Crippen LogP contribution in [0, 0.1) is 16.4 Å². The Hall–Kier alpha value is -0.330. The van der Waals surface area contributed by atoms with Crippen molar-refractivity contribution in [2.75, 3.05) is 6.54 Å². The Morgan fingerprint density at radius 1 is 1.42 bits per heavy atom. The van der Waals surface area contributed by atoms with Crippen LogP contribution in [0.25, 0.3) is 0 Å². The number of benzene rings is 1. The molecular weight excluding hydrogens is 375 g/mol. The molecule has 0 spiro atoms. The Morgan fingerprint density at radius 2 is 2.05 bits per heavy atom. The Kier molecular flexibility index (Phi) is 8.61. The van der Waals surface area contributed by atoms with Crippen molar-refractivity contribution in [3.8, 4) is 0 Å². The number of aryl methyl sites for hydroxylation is 1. The lowest BCUT2D eigenvalue weighted by Crippen LogP contribution is -2.41. The largest absolute Gasteiger partial charge is 0.348 e. The second-order valence-corrected chi connectivity index (χ2v) is 6.18. The van der Waals surface area contributed by atoms with Crippen LogP contribution in [0.3, 0.4) is 0 Å². The number of halogens is 2. The summed E-state index contributed by atoms with van der Waals surface area (Å²) in [5.74, 6) is 0.495. The summed E-state index contributed by atoms with van der Waals surface area (Å²) in [5, 5.41) is 3.01. The van der Waals surface area contributed by atoms with Crippen LogP contribution < -0.4 is 11.1 Å². The Labute approximate surface area is 135 Å². The van der Waals surface area contributed by atoms with Gasteiger partial charge >= 0.3 is 0 Å². The Bertz CT molecular complexity index is 424. The molecule has 0 saturated carbocycles. The van der Waals surface area contributed by atoms with Crippen LogP contribution in [0.15, 0.2) is 18.2 Å². The molecule has 0 bridgehead atoms. The number of nitrogens with one attached hydrogen (secondary N) is 1. The quantitative estimate of drug-likeness (QED) is 0.751. The van der Waals surface area contributed by atoms with E-state index in [0.29, 0.717) is 12.5 Å². The molecule has 1 atom stereocenters. The maximum atomic E-state index is 12.2. The lowest BCUT2D eigenvalue weighted by atomic mass is 10.0. The van der Waals surface area contributed by atoms with Gasteiger partial charge in [0.2, 0.25) is 0 Å². The SMILES string of the molecule is Cc1ccc(I)c(C(=O)NC(CN)CC(C)C)c1.Cl. The van der Waals surface area contributed by atoms with Gasteiger partial charge in [0.25, 0.3) is 5.91 Å². The van der Waals surface area contributed by atoms with Gasteiger partial charge in [-0.2, -0.15) is 0 Å². The summed E-state index contributed by atoms with van der Waals surface area (Å²) >= 11 is 2.18. The smallest absolute Gasteiger partial charge is 0.252 e. The van der Waals surface area contributed by atoms with E-state index in [-0.39, 0.29) is 24.4 Å². The van der Waals surface area contributed by atoms with Crippen molar-refractivity contribution in [1.29, 1.82) is 0 Å². The van der Waals surface area contributed by atoms with Gasteiger partial charge in [-0.3, -0.25) is 4.79 Å². The van der Waals surface area contributed by atoms with Gasteiger partial charge in [0.1, 0.15) is 0 Å². The van der Waals surface area contributed by atoms with Gasteiger partial charge in [-0.15, -0.1) is 12.4 Å². The fourth-order valence-electron chi connectivity index (χ4n) is 1.86. The fraction of sp³-hybridized carbons (Fsp3) is 0.500. The molecule has 0 aliphatic heterocycles. The predicted molar refractivity (Wildman–Crippen MR) is 90.9 cm³/mol. The van der Waals surface area contributed by atoms with Crippen LogP contribution in [0.4, 0.5) is 0 Å². The zero-order valence-electron chi connectivity index (χ0n) is 11.6. The number of hydrogen-bond donors (Lipinski definition) is 2. The summed E-state index contributed by atoms with van der Waals surface area (Å²) in [7, 11) is 0. The highest BCUT2D eigenvalue weighted by molar-refractivity contribution is 14.1. The fourth-order valence-corrected chi connectivity index (χ4v) is 2.44. The van der Waals surface area contributed by atoms with Crippen LogP contribution in [0.2, 0.25) is 0 Å². The van der Waals surface area contributed by atoms with Crippen molar-refractivity contribution in [3.63, 3.8) is 0 Å². The van der Waals surface area contributed by atoms with Crippen LogP contribution in [-0.4, -0.2) is 18.5 Å². The number of rotatable bonds is 5. The van der Waals surface area contributed by atoms with Crippen molar-refractivity contribution in [2.24, 2.45) is 11.7 Å². The second kappa shape index (κ2) is 8.76. The highest BCUT2D eigenvalue weighted by Crippen LogP contribution is 2.14. The molecule has 1 unspecified atom stereocenters. The summed E-state index contributed by atoms with van der Waals surface area (Å²) in [5.41, 5.74) is 7.52. The van der Waals surface area contributed by atoms with Crippen LogP contribution in [0.5, 0.6) is 0 Å². The molecule has 3 N–H and O–H groups in total. The predicted octanol–water partition coefficient (Wildman–Crippen LogP) is 3.12. The minimum Gasteiger partial charge on any atom is -0.348 e. The Balaban J connectivity index is 0.00000324. The molecule has 0 aliphatic carbocycles. The number of nitrogens with two attached hydrogens (primary N) is 1. The summed E-state index contributed by atoms with van der Waals surface area (Å²) in [6.45, 7) is 6.73. The van der Waals surface area contributed by atoms with E-state index in [0.717, 1.165) is 21.1 Å². The van der Waals surface area contributed by atoms with E-state index in [1.807, 2.05) is 25.1 Å². The molecule has 1 rings (SSSR count). The summed E-state index contributed by atoms with van der Waals surface area (Å²) in [6, 6.07) is 5.94. The van der Waals surface area contributed by atoms with Gasteiger partial charge in [-0.05, 0) is 54.0 Å². The van der Waals surface area contributed by atoms with Crippen LogP contribution in [0.1, 0.15) is 36.2 Å². The maximum Gasteiger partial charge on any atom is 0.252 e. The summed E-state index contributed by atoms with van der Waals surface area (Å²) in [6.07, 6.45) is 0.907. The van der Waals surface area contributed by atoms with E-state index in [1.165, 1.54) is 0 Å². The van der Waals surface area contributed by atoms with E-state index >= 15 is 0 Å². The van der Waals surface area contributed by atoms with Crippen LogP contribution >= 0.6 is 35.0 Å². The number of carbonyl (C=O) groups excluding carboxylic acids is 1. The first-order chi connectivity index (χ1) is 8.43. The minimum atomic E-state index is -0.0285. The van der Waals surface area contributed by atoms with Gasteiger partial charge in [0.15, 0.2) is 0 Å². The van der Waals surface area contributed by atoms with Crippen molar-refractivity contribution >= 4 is 40.9 Å². The molecule has 0 saturated heterocycles. The van der Waals surface area contributed by atoms with E-state index < -0.39 is 0 Å². The monoisotopic (exact) mass is 396 g/mol. The average Bonchev–Trinajstić information content (AvgIpc) is 2.30. The van der Waals surface area contributed by atoms with E-state index in [9.17, 15) is 4.79 Å². The zero-order valence-corrected chi connectivity index (χ0v) is 14.5. The average molecular weight is 397 g/mol. The second-order valence-electron chi connectivity index (χ2n) is 5.02. The molecule has 19 heavy (non-hydrogen) atoms. The van der Waals surface area contributed by atoms with Gasteiger partial charge < -0.3 is 11.1 Å². The molecule has 5 heteroatoms. The third-order valence-corrected chi connectivity index (χ3v) is 3.68. The lowest BCUT2D eigenvalue weighted by molar-refractivity contribution is 0.0933. The zero-order chi connectivity index (χ0) is 13.7. The third kappa shape index (κ3) is 6.10. The minimum absolute atomic E-state index is 0. The molecule has 0 aliphatic rings. The van der Waals surface area contributed by atoms with Crippen molar-refractivity contribution in [1.82, 2.24) is 5.32 Å². The van der Waals surface area contributed by atoms with Crippen molar-refractivity contribution in [3.05, 3.63) is 32.9 Å². The molecule has 1 aromatic carbocycles. The third-order valence-electron chi connectivity index (χ3n) is 2.74. The topological polar surface area (TPSA) is 55.1 Å². The molecular formula is C14H22ClIN2O. The molecule has 1 amide bonds. The van der Waals surface area contributed by atoms with Gasteiger partial charge in [-0.25, -0.2) is 0 Å². The van der Waals surface area contributed by atoms with Crippen molar-refractivity contribution in [2.45, 2.75) is 33.2 Å². The van der Waals surface area contributed by atoms with E-state index in [2.05, 4.69) is 41.8 Å². The summed E-state index contributed by atoms with van der Waals surface area (Å²) < 4.78 is 0.969. The molecule has 108 valence electrons. The number of amides is 1. The van der Waals surface area contributed by atoms with Gasteiger partial charge in [-0.1, -0.05) is 25.5 Å². The highest BCUT2D eigenvalue weighted by Gasteiger charge is 2.15. The molecule has 0 heterocycles. The normalized spacial score (nSPS) is 11.9. The first-order valence-corrected chi connectivity index (χ1v) is 7.29. The number of carbonyl (C=O) groups is 1. The highest BCUT2D eigenvalue weighted by atomic mass is 127. The van der Waals surface area contributed by atoms with Gasteiger partial charge in [0.05, 0.1) is 5.56 Å². The summed E-state index contributed by atoms with van der Waals surface area (Å²) in [4.78, 5) is 12.2. The van der Waals surface area contributed by atoms with Crippen molar-refractivity contribution < 1.29 is 4.79 Å². The van der Waals surface area contributed by atoms with E-state index in [4.69, 9.17) is 5.73 Å². The molecule has 3 nitrogen and oxygen atoms in total. The lowest BCUT2D eigenvalue weighted by Gasteiger charge is -2.19. The number of hydrogen-bond acceptors (Lipinski definition) is 2. The molecule has 0 fully saturated rings.